The molecule has 19 heavy (non-hydrogen) atoms. The lowest BCUT2D eigenvalue weighted by Gasteiger charge is -2.00. The topological polar surface area (TPSA) is 49.7 Å². The van der Waals surface area contributed by atoms with Crippen LogP contribution in [0.25, 0.3) is 0 Å². The molecule has 2 aromatic carbocycles. The Morgan fingerprint density at radius 2 is 1.26 bits per heavy atom. The highest BCUT2D eigenvalue weighted by Crippen LogP contribution is 1.99. The minimum atomic E-state index is 0.0901. The smallest absolute Gasteiger partial charge is 0.0718 e. The first-order valence-corrected chi connectivity index (χ1v) is 6.24. The summed E-state index contributed by atoms with van der Waals surface area (Å²) < 4.78 is 5.12. The van der Waals surface area contributed by atoms with Crippen molar-refractivity contribution in [2.75, 3.05) is 13.2 Å². The number of benzene rings is 2. The molecular weight excluding hydrogens is 240 g/mol. The van der Waals surface area contributed by atoms with Gasteiger partial charge in [-0.3, -0.25) is 0 Å². The van der Waals surface area contributed by atoms with Crippen molar-refractivity contribution in [3.63, 3.8) is 0 Å². The van der Waals surface area contributed by atoms with Crippen molar-refractivity contribution >= 4 is 0 Å². The van der Waals surface area contributed by atoms with Crippen molar-refractivity contribution in [1.82, 2.24) is 0 Å². The fourth-order valence-corrected chi connectivity index (χ4v) is 1.41. The van der Waals surface area contributed by atoms with Gasteiger partial charge in [-0.1, -0.05) is 60.7 Å². The highest BCUT2D eigenvalue weighted by Gasteiger charge is 1.89. The molecule has 0 fully saturated rings. The maximum absolute atomic E-state index is 8.54. The lowest BCUT2D eigenvalue weighted by Crippen LogP contribution is -1.98. The van der Waals surface area contributed by atoms with Gasteiger partial charge in [-0.2, -0.15) is 0 Å². The predicted molar refractivity (Wildman–Crippen MR) is 75.5 cm³/mol. The molecule has 0 amide bonds. The highest BCUT2D eigenvalue weighted by molar-refractivity contribution is 5.13. The maximum Gasteiger partial charge on any atom is 0.0718 e. The number of ether oxygens (including phenoxy) is 1. The third-order valence-corrected chi connectivity index (χ3v) is 2.37. The molecule has 0 aliphatic carbocycles. The summed E-state index contributed by atoms with van der Waals surface area (Å²) in [6.07, 6.45) is 0. The van der Waals surface area contributed by atoms with Crippen LogP contribution in [0.2, 0.25) is 0 Å². The molecule has 0 saturated carbocycles. The van der Waals surface area contributed by atoms with Gasteiger partial charge in [0.15, 0.2) is 0 Å². The molecule has 0 heterocycles. The number of rotatable bonds is 5. The average Bonchev–Trinajstić information content (AvgIpc) is 2.50. The van der Waals surface area contributed by atoms with Crippen LogP contribution in [0.1, 0.15) is 11.1 Å². The monoisotopic (exact) mass is 260 g/mol. The van der Waals surface area contributed by atoms with Gasteiger partial charge in [0.05, 0.1) is 26.4 Å². The van der Waals surface area contributed by atoms with Crippen molar-refractivity contribution in [2.24, 2.45) is 0 Å². The first kappa shape index (κ1) is 15.4. The van der Waals surface area contributed by atoms with E-state index in [0.29, 0.717) is 13.2 Å². The van der Waals surface area contributed by atoms with Crippen molar-refractivity contribution in [3.8, 4) is 0 Å². The third kappa shape index (κ3) is 7.36. The summed E-state index contributed by atoms with van der Waals surface area (Å²) in [6, 6.07) is 19.4. The Bertz CT molecular complexity index is 415. The summed E-state index contributed by atoms with van der Waals surface area (Å²) in [5.74, 6) is 0. The van der Waals surface area contributed by atoms with Gasteiger partial charge in [-0.05, 0) is 11.1 Å². The zero-order valence-electron chi connectivity index (χ0n) is 10.9. The van der Waals surface area contributed by atoms with Crippen molar-refractivity contribution in [1.29, 1.82) is 0 Å². The molecule has 0 aliphatic rings. The fraction of sp³-hybridized carbons (Fsp3) is 0.250. The Morgan fingerprint density at radius 1 is 0.737 bits per heavy atom. The zero-order valence-corrected chi connectivity index (χ0v) is 10.9. The molecule has 102 valence electrons. The molecule has 2 aromatic rings. The Balaban J connectivity index is 0.000000200. The van der Waals surface area contributed by atoms with E-state index < -0.39 is 0 Å². The first-order valence-electron chi connectivity index (χ1n) is 6.24. The summed E-state index contributed by atoms with van der Waals surface area (Å²) in [6.45, 7) is 1.23. The molecule has 0 atom stereocenters. The number of aliphatic hydroxyl groups excluding tert-OH is 2. The van der Waals surface area contributed by atoms with Crippen LogP contribution in [-0.4, -0.2) is 23.4 Å². The largest absolute Gasteiger partial charge is 0.394 e. The Labute approximate surface area is 114 Å². The minimum absolute atomic E-state index is 0.0901. The van der Waals surface area contributed by atoms with Gasteiger partial charge >= 0.3 is 0 Å². The van der Waals surface area contributed by atoms with Crippen LogP contribution in [0.5, 0.6) is 0 Å². The van der Waals surface area contributed by atoms with Gasteiger partial charge in [0.2, 0.25) is 0 Å². The van der Waals surface area contributed by atoms with Crippen LogP contribution in [0.15, 0.2) is 60.7 Å². The Morgan fingerprint density at radius 3 is 1.68 bits per heavy atom. The molecule has 0 saturated heterocycles. The number of hydrogen-bond donors (Lipinski definition) is 2. The highest BCUT2D eigenvalue weighted by atomic mass is 16.5. The lowest BCUT2D eigenvalue weighted by atomic mass is 10.2. The van der Waals surface area contributed by atoms with Gasteiger partial charge in [0.1, 0.15) is 0 Å². The second-order valence-electron chi connectivity index (χ2n) is 3.91. The summed E-state index contributed by atoms with van der Waals surface area (Å²) in [5.41, 5.74) is 2.11. The van der Waals surface area contributed by atoms with Gasteiger partial charge in [0, 0.05) is 0 Å². The average molecular weight is 260 g/mol. The Hall–Kier alpha value is -1.68. The Kier molecular flexibility index (Phi) is 8.31. The van der Waals surface area contributed by atoms with Crippen molar-refractivity contribution in [3.05, 3.63) is 71.8 Å². The first-order chi connectivity index (χ1) is 9.36. The number of hydrogen-bond acceptors (Lipinski definition) is 3. The third-order valence-electron chi connectivity index (χ3n) is 2.37. The molecule has 0 spiro atoms. The molecule has 0 aromatic heterocycles. The van der Waals surface area contributed by atoms with Gasteiger partial charge in [0.25, 0.3) is 0 Å². The second-order valence-corrected chi connectivity index (χ2v) is 3.91. The number of aliphatic hydroxyl groups is 2. The standard InChI is InChI=1S/C9H12O2.C7H8O/c10-6-7-11-8-9-4-2-1-3-5-9;8-6-7-4-2-1-3-5-7/h1-5,10H,6-8H2;1-5,8H,6H2. The molecule has 3 heteroatoms. The molecular formula is C16H20O3. The summed E-state index contributed by atoms with van der Waals surface area (Å²) in [5, 5.41) is 17.0. The van der Waals surface area contributed by atoms with E-state index >= 15 is 0 Å². The normalized spacial score (nSPS) is 9.58. The van der Waals surface area contributed by atoms with Crippen LogP contribution in [-0.2, 0) is 18.0 Å². The van der Waals surface area contributed by atoms with E-state index in [1.54, 1.807) is 0 Å². The summed E-state index contributed by atoms with van der Waals surface area (Å²) >= 11 is 0. The molecule has 2 rings (SSSR count). The van der Waals surface area contributed by atoms with Crippen molar-refractivity contribution < 1.29 is 14.9 Å². The van der Waals surface area contributed by atoms with Gasteiger partial charge < -0.3 is 14.9 Å². The molecule has 0 bridgehead atoms. The van der Waals surface area contributed by atoms with E-state index in [1.165, 1.54) is 0 Å². The predicted octanol–water partition coefficient (Wildman–Crippen LogP) is 2.37. The second kappa shape index (κ2) is 10.3. The van der Waals surface area contributed by atoms with Crippen molar-refractivity contribution in [2.45, 2.75) is 13.2 Å². The fourth-order valence-electron chi connectivity index (χ4n) is 1.41. The van der Waals surface area contributed by atoms with E-state index in [0.717, 1.165) is 11.1 Å². The van der Waals surface area contributed by atoms with E-state index in [4.69, 9.17) is 14.9 Å². The zero-order chi connectivity index (χ0) is 13.8. The SMILES string of the molecule is OCCOCc1ccccc1.OCc1ccccc1. The maximum atomic E-state index is 8.54. The summed E-state index contributed by atoms with van der Waals surface area (Å²) in [4.78, 5) is 0. The van der Waals surface area contributed by atoms with Gasteiger partial charge in [-0.25, -0.2) is 0 Å². The quantitative estimate of drug-likeness (QED) is 0.811. The molecule has 0 aliphatic heterocycles. The lowest BCUT2D eigenvalue weighted by molar-refractivity contribution is 0.0815. The minimum Gasteiger partial charge on any atom is -0.394 e. The van der Waals surface area contributed by atoms with E-state index in [1.807, 2.05) is 60.7 Å². The van der Waals surface area contributed by atoms with Crippen LogP contribution >= 0.6 is 0 Å². The van der Waals surface area contributed by atoms with Crippen LogP contribution in [0, 0.1) is 0 Å². The van der Waals surface area contributed by atoms with E-state index in [-0.39, 0.29) is 13.2 Å². The summed E-state index contributed by atoms with van der Waals surface area (Å²) in [7, 11) is 0. The van der Waals surface area contributed by atoms with E-state index in [9.17, 15) is 0 Å². The molecule has 0 unspecified atom stereocenters. The van der Waals surface area contributed by atoms with Gasteiger partial charge in [-0.15, -0.1) is 0 Å². The molecule has 2 N–H and O–H groups in total. The van der Waals surface area contributed by atoms with Crippen LogP contribution in [0.3, 0.4) is 0 Å². The molecule has 3 nitrogen and oxygen atoms in total. The van der Waals surface area contributed by atoms with E-state index in [2.05, 4.69) is 0 Å². The van der Waals surface area contributed by atoms with Crippen LogP contribution in [0.4, 0.5) is 0 Å². The molecule has 0 radical (unpaired) electrons. The van der Waals surface area contributed by atoms with Crippen LogP contribution < -0.4 is 0 Å².